The van der Waals surface area contributed by atoms with E-state index in [-0.39, 0.29) is 43.0 Å². The smallest absolute Gasteiger partial charge is 0.243 e. The summed E-state index contributed by atoms with van der Waals surface area (Å²) < 4.78 is 4.45. The van der Waals surface area contributed by atoms with Crippen LogP contribution in [-0.4, -0.2) is 67.9 Å². The Morgan fingerprint density at radius 2 is 1.48 bits per heavy atom. The average molecular weight is 633 g/mol. The largest absolute Gasteiger partial charge is 0.348 e. The summed E-state index contributed by atoms with van der Waals surface area (Å²) >= 11 is 12.7. The van der Waals surface area contributed by atoms with E-state index in [1.165, 1.54) is 11.3 Å². The lowest BCUT2D eigenvalue weighted by molar-refractivity contribution is -0.144. The minimum absolute atomic E-state index is 0.0196. The standard InChI is InChI=1S/C35H39Cl2N5O2/c1-4-25(3)42(32(43)22-40-18-17-38-15-5-7-30(38)34(40)26-11-9-24(2)10-12-26)23-33(44)41-20-19-39-16-6-8-31(39)35(41)27-13-14-28(36)29(37)21-27/h5-16,21,25,34-35H,4,17-20,22-23H2,1-3H3. The molecule has 0 spiro atoms. The van der Waals surface area contributed by atoms with Gasteiger partial charge in [0, 0.05) is 56.0 Å². The predicted molar refractivity (Wildman–Crippen MR) is 175 cm³/mol. The molecule has 9 heteroatoms. The first-order chi connectivity index (χ1) is 21.2. The maximum atomic E-state index is 14.2. The summed E-state index contributed by atoms with van der Waals surface area (Å²) in [5.74, 6) is -0.110. The van der Waals surface area contributed by atoms with E-state index in [0.717, 1.165) is 36.3 Å². The van der Waals surface area contributed by atoms with Crippen molar-refractivity contribution in [3.8, 4) is 0 Å². The average Bonchev–Trinajstić information content (AvgIpc) is 3.70. The van der Waals surface area contributed by atoms with Crippen molar-refractivity contribution in [1.82, 2.24) is 23.8 Å². The van der Waals surface area contributed by atoms with E-state index in [4.69, 9.17) is 23.2 Å². The van der Waals surface area contributed by atoms with Crippen molar-refractivity contribution in [2.45, 2.75) is 58.4 Å². The number of halogens is 2. The Bertz CT molecular complexity index is 1640. The quantitative estimate of drug-likeness (QED) is 0.221. The van der Waals surface area contributed by atoms with E-state index in [2.05, 4.69) is 70.5 Å². The second-order valence-corrected chi connectivity index (χ2v) is 12.8. The third kappa shape index (κ3) is 5.93. The number of aromatic nitrogens is 2. The van der Waals surface area contributed by atoms with Crippen molar-refractivity contribution in [2.24, 2.45) is 0 Å². The van der Waals surface area contributed by atoms with Crippen molar-refractivity contribution in [3.05, 3.63) is 117 Å². The fraction of sp³-hybridized carbons (Fsp3) is 0.371. The number of carbonyl (C=O) groups is 2. The van der Waals surface area contributed by atoms with Crippen LogP contribution >= 0.6 is 23.2 Å². The minimum Gasteiger partial charge on any atom is -0.348 e. The molecule has 0 saturated carbocycles. The van der Waals surface area contributed by atoms with E-state index >= 15 is 0 Å². The molecular formula is C35H39Cl2N5O2. The molecule has 4 heterocycles. The maximum absolute atomic E-state index is 14.2. The molecule has 0 bridgehead atoms. The summed E-state index contributed by atoms with van der Waals surface area (Å²) in [5, 5.41) is 0.925. The minimum atomic E-state index is -0.323. The topological polar surface area (TPSA) is 53.7 Å². The second-order valence-electron chi connectivity index (χ2n) is 12.0. The lowest BCUT2D eigenvalue weighted by atomic mass is 9.98. The van der Waals surface area contributed by atoms with Crippen molar-refractivity contribution >= 4 is 35.0 Å². The highest BCUT2D eigenvalue weighted by atomic mass is 35.5. The van der Waals surface area contributed by atoms with E-state index in [0.29, 0.717) is 23.1 Å². The third-order valence-electron chi connectivity index (χ3n) is 9.24. The predicted octanol–water partition coefficient (Wildman–Crippen LogP) is 6.57. The molecule has 0 aliphatic carbocycles. The van der Waals surface area contributed by atoms with Gasteiger partial charge in [0.25, 0.3) is 0 Å². The van der Waals surface area contributed by atoms with Crippen LogP contribution in [0.2, 0.25) is 10.0 Å². The van der Waals surface area contributed by atoms with Gasteiger partial charge in [-0.1, -0.05) is 66.0 Å². The Morgan fingerprint density at radius 3 is 2.14 bits per heavy atom. The fourth-order valence-electron chi connectivity index (χ4n) is 6.63. The normalized spacial score (nSPS) is 18.9. The van der Waals surface area contributed by atoms with Crippen molar-refractivity contribution in [3.63, 3.8) is 0 Å². The van der Waals surface area contributed by atoms with Crippen LogP contribution in [-0.2, 0) is 22.7 Å². The van der Waals surface area contributed by atoms with Gasteiger partial charge >= 0.3 is 0 Å². The summed E-state index contributed by atoms with van der Waals surface area (Å²) in [6, 6.07) is 21.9. The first-order valence-corrected chi connectivity index (χ1v) is 16.1. The van der Waals surface area contributed by atoms with Gasteiger partial charge in [-0.2, -0.15) is 0 Å². The van der Waals surface area contributed by atoms with Crippen LogP contribution in [0.1, 0.15) is 60.4 Å². The van der Waals surface area contributed by atoms with Crippen LogP contribution in [0.15, 0.2) is 79.1 Å². The molecule has 4 aromatic rings. The molecular weight excluding hydrogens is 593 g/mol. The lowest BCUT2D eigenvalue weighted by Crippen LogP contribution is -2.52. The summed E-state index contributed by atoms with van der Waals surface area (Å²) in [5.41, 5.74) is 5.45. The summed E-state index contributed by atoms with van der Waals surface area (Å²) in [4.78, 5) is 34.3. The highest BCUT2D eigenvalue weighted by molar-refractivity contribution is 6.42. The molecule has 3 atom stereocenters. The molecule has 0 radical (unpaired) electrons. The zero-order valence-corrected chi connectivity index (χ0v) is 27.0. The van der Waals surface area contributed by atoms with Crippen LogP contribution < -0.4 is 0 Å². The fourth-order valence-corrected chi connectivity index (χ4v) is 6.94. The highest BCUT2D eigenvalue weighted by Gasteiger charge is 2.36. The third-order valence-corrected chi connectivity index (χ3v) is 9.98. The van der Waals surface area contributed by atoms with Crippen LogP contribution in [0, 0.1) is 6.92 Å². The van der Waals surface area contributed by atoms with Gasteiger partial charge < -0.3 is 18.9 Å². The van der Waals surface area contributed by atoms with Crippen LogP contribution in [0.5, 0.6) is 0 Å². The van der Waals surface area contributed by atoms with Crippen molar-refractivity contribution in [1.29, 1.82) is 0 Å². The Balaban J connectivity index is 1.26. The second kappa shape index (κ2) is 12.8. The van der Waals surface area contributed by atoms with Crippen LogP contribution in [0.4, 0.5) is 0 Å². The summed E-state index contributed by atoms with van der Waals surface area (Å²) in [6.45, 7) is 9.22. The molecule has 0 N–H and O–H groups in total. The number of nitrogens with zero attached hydrogens (tertiary/aromatic N) is 5. The lowest BCUT2D eigenvalue weighted by Gasteiger charge is -2.41. The molecule has 44 heavy (non-hydrogen) atoms. The highest BCUT2D eigenvalue weighted by Crippen LogP contribution is 2.36. The number of rotatable bonds is 8. The Hall–Kier alpha value is -3.52. The maximum Gasteiger partial charge on any atom is 0.243 e. The molecule has 3 unspecified atom stereocenters. The van der Waals surface area contributed by atoms with E-state index in [9.17, 15) is 9.59 Å². The van der Waals surface area contributed by atoms with Gasteiger partial charge in [0.1, 0.15) is 6.54 Å². The molecule has 2 aromatic heterocycles. The number of aryl methyl sites for hydroxylation is 1. The number of benzene rings is 2. The van der Waals surface area contributed by atoms with Gasteiger partial charge in [0.05, 0.1) is 28.7 Å². The number of hydrogen-bond donors (Lipinski definition) is 0. The molecule has 7 nitrogen and oxygen atoms in total. The Kier molecular flexibility index (Phi) is 8.90. The first-order valence-electron chi connectivity index (χ1n) is 15.4. The van der Waals surface area contributed by atoms with E-state index < -0.39 is 0 Å². The van der Waals surface area contributed by atoms with Crippen LogP contribution in [0.25, 0.3) is 0 Å². The van der Waals surface area contributed by atoms with E-state index in [1.807, 2.05) is 42.3 Å². The van der Waals surface area contributed by atoms with Gasteiger partial charge in [-0.05, 0) is 67.8 Å². The summed E-state index contributed by atoms with van der Waals surface area (Å²) in [6.07, 6.45) is 4.90. The monoisotopic (exact) mass is 631 g/mol. The van der Waals surface area contributed by atoms with Gasteiger partial charge in [-0.3, -0.25) is 14.5 Å². The SMILES string of the molecule is CCC(C)N(CC(=O)N1CCn2cccc2C1c1ccc(Cl)c(Cl)c1)C(=O)CN1CCn2cccc2C1c1ccc(C)cc1. The molecule has 2 aliphatic heterocycles. The molecule has 2 amide bonds. The van der Waals surface area contributed by atoms with E-state index in [1.54, 1.807) is 11.0 Å². The molecule has 230 valence electrons. The van der Waals surface area contributed by atoms with Gasteiger partial charge in [0.2, 0.25) is 11.8 Å². The zero-order valence-electron chi connectivity index (χ0n) is 25.5. The van der Waals surface area contributed by atoms with Crippen LogP contribution in [0.3, 0.4) is 0 Å². The molecule has 0 fully saturated rings. The Morgan fingerprint density at radius 1 is 0.841 bits per heavy atom. The van der Waals surface area contributed by atoms with Crippen molar-refractivity contribution < 1.29 is 9.59 Å². The number of fused-ring (bicyclic) bond motifs is 2. The summed E-state index contributed by atoms with van der Waals surface area (Å²) in [7, 11) is 0. The van der Waals surface area contributed by atoms with Gasteiger partial charge in [0.15, 0.2) is 0 Å². The first kappa shape index (κ1) is 30.5. The Labute approximate surface area is 269 Å². The number of amides is 2. The van der Waals surface area contributed by atoms with Crippen molar-refractivity contribution in [2.75, 3.05) is 26.2 Å². The van der Waals surface area contributed by atoms with Gasteiger partial charge in [-0.15, -0.1) is 0 Å². The molecule has 2 aromatic carbocycles. The number of carbonyl (C=O) groups excluding carboxylic acids is 2. The van der Waals surface area contributed by atoms with Gasteiger partial charge in [-0.25, -0.2) is 0 Å². The molecule has 6 rings (SSSR count). The zero-order chi connectivity index (χ0) is 31.0. The molecule has 2 aliphatic rings. The molecule has 0 saturated heterocycles. The number of hydrogen-bond acceptors (Lipinski definition) is 3.